The van der Waals surface area contributed by atoms with Crippen molar-refractivity contribution < 1.29 is 29.3 Å². The second-order valence-corrected chi connectivity index (χ2v) is 3.05. The van der Waals surface area contributed by atoms with Crippen LogP contribution in [0, 0.1) is 0 Å². The second kappa shape index (κ2) is 7.83. The molecule has 0 aliphatic carbocycles. The van der Waals surface area contributed by atoms with Crippen LogP contribution in [0.25, 0.3) is 0 Å². The first-order valence-electron chi connectivity index (χ1n) is 5.05. The van der Waals surface area contributed by atoms with Crippen molar-refractivity contribution in [1.82, 2.24) is 0 Å². The Balaban J connectivity index is 0.000000411. The number of ether oxygens (including phenoxy) is 1. The molecule has 0 aliphatic heterocycles. The molecule has 0 unspecified atom stereocenters. The van der Waals surface area contributed by atoms with E-state index in [1.807, 2.05) is 0 Å². The molecule has 1 aromatic rings. The lowest BCUT2D eigenvalue weighted by atomic mass is 10.1. The van der Waals surface area contributed by atoms with E-state index in [0.29, 0.717) is 6.61 Å². The van der Waals surface area contributed by atoms with Crippen molar-refractivity contribution >= 4 is 17.9 Å². The summed E-state index contributed by atoms with van der Waals surface area (Å²) >= 11 is 0. The van der Waals surface area contributed by atoms with E-state index in [1.165, 1.54) is 19.1 Å². The van der Waals surface area contributed by atoms with Gasteiger partial charge >= 0.3 is 5.97 Å². The first-order chi connectivity index (χ1) is 8.40. The maximum absolute atomic E-state index is 10.3. The third-order valence-corrected chi connectivity index (χ3v) is 1.71. The van der Waals surface area contributed by atoms with Crippen molar-refractivity contribution in [2.75, 3.05) is 6.61 Å². The van der Waals surface area contributed by atoms with E-state index in [4.69, 9.17) is 0 Å². The number of benzene rings is 1. The van der Waals surface area contributed by atoms with Crippen LogP contribution in [0.4, 0.5) is 0 Å². The van der Waals surface area contributed by atoms with E-state index < -0.39 is 11.9 Å². The van der Waals surface area contributed by atoms with Gasteiger partial charge in [-0.2, -0.15) is 0 Å². The molecule has 0 amide bonds. The van der Waals surface area contributed by atoms with Crippen LogP contribution in [-0.2, 0) is 9.53 Å². The van der Waals surface area contributed by atoms with Crippen LogP contribution in [-0.4, -0.2) is 24.5 Å². The maximum atomic E-state index is 10.3. The fraction of sp³-hybridized carbons (Fsp3) is 0.250. The van der Waals surface area contributed by atoms with Crippen LogP contribution >= 0.6 is 0 Å². The molecule has 1 aromatic carbocycles. The number of hydrogen-bond acceptors (Lipinski definition) is 6. The van der Waals surface area contributed by atoms with Crippen LogP contribution in [0.2, 0.25) is 0 Å². The molecule has 0 heterocycles. The highest BCUT2D eigenvalue weighted by atomic mass is 16.5. The lowest BCUT2D eigenvalue weighted by molar-refractivity contribution is -0.259. The molecular weight excluding hydrogens is 240 g/mol. The van der Waals surface area contributed by atoms with Gasteiger partial charge in [-0.25, -0.2) is 0 Å². The zero-order chi connectivity index (χ0) is 14.1. The van der Waals surface area contributed by atoms with E-state index in [2.05, 4.69) is 4.74 Å². The van der Waals surface area contributed by atoms with Crippen molar-refractivity contribution in [3.8, 4) is 0 Å². The monoisotopic (exact) mass is 252 g/mol. The van der Waals surface area contributed by atoms with Crippen molar-refractivity contribution in [3.05, 3.63) is 35.4 Å². The molecule has 0 saturated heterocycles. The highest BCUT2D eigenvalue weighted by Gasteiger charge is 2.01. The third kappa shape index (κ3) is 5.64. The van der Waals surface area contributed by atoms with Gasteiger partial charge in [0.2, 0.25) is 0 Å². The Morgan fingerprint density at radius 1 is 1.06 bits per heavy atom. The predicted octanol–water partition coefficient (Wildman–Crippen LogP) is -1.02. The minimum absolute atomic E-state index is 0.211. The minimum Gasteiger partial charge on any atom is -0.545 e. The normalized spacial score (nSPS) is 8.78. The SMILES string of the molecule is CCOC(C)=O.O=C([O-])c1ccccc1C(=O)[O-]. The maximum Gasteiger partial charge on any atom is 0.302 e. The van der Waals surface area contributed by atoms with Crippen LogP contribution in [0.3, 0.4) is 0 Å². The molecule has 0 aliphatic rings. The van der Waals surface area contributed by atoms with Gasteiger partial charge in [-0.05, 0) is 6.92 Å². The first-order valence-corrected chi connectivity index (χ1v) is 5.05. The van der Waals surface area contributed by atoms with E-state index in [0.717, 1.165) is 12.1 Å². The Bertz CT molecular complexity index is 405. The van der Waals surface area contributed by atoms with Crippen LogP contribution in [0.1, 0.15) is 34.6 Å². The standard InChI is InChI=1S/C8H6O4.C4H8O2/c9-7(10)5-3-1-2-4-6(5)8(11)12;1-3-6-4(2)5/h1-4H,(H,9,10)(H,11,12);3H2,1-2H3/p-2. The van der Waals surface area contributed by atoms with Gasteiger partial charge in [0.05, 0.1) is 18.5 Å². The second-order valence-electron chi connectivity index (χ2n) is 3.05. The largest absolute Gasteiger partial charge is 0.545 e. The Labute approximate surface area is 104 Å². The molecule has 0 fully saturated rings. The van der Waals surface area contributed by atoms with Crippen molar-refractivity contribution in [1.29, 1.82) is 0 Å². The molecule has 0 N–H and O–H groups in total. The number of aromatic carboxylic acids is 2. The molecule has 0 radical (unpaired) electrons. The van der Waals surface area contributed by atoms with Gasteiger partial charge in [-0.1, -0.05) is 24.3 Å². The van der Waals surface area contributed by atoms with Crippen LogP contribution in [0.5, 0.6) is 0 Å². The molecule has 0 saturated carbocycles. The highest BCUT2D eigenvalue weighted by Crippen LogP contribution is 2.05. The van der Waals surface area contributed by atoms with E-state index >= 15 is 0 Å². The molecule has 0 atom stereocenters. The Morgan fingerprint density at radius 3 is 1.61 bits per heavy atom. The van der Waals surface area contributed by atoms with Crippen LogP contribution in [0.15, 0.2) is 24.3 Å². The topological polar surface area (TPSA) is 107 Å². The summed E-state index contributed by atoms with van der Waals surface area (Å²) in [6, 6.07) is 5.14. The molecule has 0 spiro atoms. The summed E-state index contributed by atoms with van der Waals surface area (Å²) in [5.74, 6) is -3.25. The van der Waals surface area contributed by atoms with Gasteiger partial charge in [0, 0.05) is 18.1 Å². The predicted molar refractivity (Wildman–Crippen MR) is 57.4 cm³/mol. The van der Waals surface area contributed by atoms with Crippen molar-refractivity contribution in [2.45, 2.75) is 13.8 Å². The summed E-state index contributed by atoms with van der Waals surface area (Å²) in [6.07, 6.45) is 0. The number of esters is 1. The Kier molecular flexibility index (Phi) is 6.80. The zero-order valence-electron chi connectivity index (χ0n) is 9.97. The zero-order valence-corrected chi connectivity index (χ0v) is 9.97. The van der Waals surface area contributed by atoms with E-state index in [1.54, 1.807) is 6.92 Å². The van der Waals surface area contributed by atoms with Crippen molar-refractivity contribution in [2.24, 2.45) is 0 Å². The highest BCUT2D eigenvalue weighted by molar-refractivity contribution is 5.99. The molecule has 1 rings (SSSR count). The quantitative estimate of drug-likeness (QED) is 0.637. The average molecular weight is 252 g/mol. The summed E-state index contributed by atoms with van der Waals surface area (Å²) in [7, 11) is 0. The lowest BCUT2D eigenvalue weighted by Crippen LogP contribution is -2.29. The number of hydrogen-bond donors (Lipinski definition) is 0. The fourth-order valence-corrected chi connectivity index (χ4v) is 1.04. The summed E-state index contributed by atoms with van der Waals surface area (Å²) in [5, 5.41) is 20.6. The third-order valence-electron chi connectivity index (χ3n) is 1.71. The van der Waals surface area contributed by atoms with Gasteiger partial charge < -0.3 is 24.5 Å². The summed E-state index contributed by atoms with van der Waals surface area (Å²) in [5.41, 5.74) is -0.727. The number of rotatable bonds is 3. The van der Waals surface area contributed by atoms with Gasteiger partial charge in [0.1, 0.15) is 0 Å². The fourth-order valence-electron chi connectivity index (χ4n) is 1.04. The summed E-state index contributed by atoms with van der Waals surface area (Å²) in [6.45, 7) is 3.65. The number of carbonyl (C=O) groups excluding carboxylic acids is 3. The van der Waals surface area contributed by atoms with Crippen LogP contribution < -0.4 is 10.2 Å². The van der Waals surface area contributed by atoms with E-state index in [-0.39, 0.29) is 17.1 Å². The van der Waals surface area contributed by atoms with E-state index in [9.17, 15) is 24.6 Å². The van der Waals surface area contributed by atoms with Gasteiger partial charge in [0.15, 0.2) is 0 Å². The lowest BCUT2D eigenvalue weighted by Gasteiger charge is -2.09. The van der Waals surface area contributed by atoms with Gasteiger partial charge in [-0.3, -0.25) is 4.79 Å². The first kappa shape index (κ1) is 15.6. The molecule has 18 heavy (non-hydrogen) atoms. The molecule has 6 nitrogen and oxygen atoms in total. The molecule has 6 heteroatoms. The summed E-state index contributed by atoms with van der Waals surface area (Å²) < 4.78 is 4.40. The van der Waals surface area contributed by atoms with Gasteiger partial charge in [-0.15, -0.1) is 0 Å². The smallest absolute Gasteiger partial charge is 0.302 e. The Hall–Kier alpha value is -2.37. The average Bonchev–Trinajstić information content (AvgIpc) is 2.29. The number of carbonyl (C=O) groups is 3. The molecule has 0 bridgehead atoms. The number of carboxylic acid groups (broad SMARTS) is 2. The summed E-state index contributed by atoms with van der Waals surface area (Å²) in [4.78, 5) is 30.5. The molecule has 0 aromatic heterocycles. The van der Waals surface area contributed by atoms with Gasteiger partial charge in [0.25, 0.3) is 0 Å². The molecule has 98 valence electrons. The minimum atomic E-state index is -1.52. The number of carboxylic acids is 2. The van der Waals surface area contributed by atoms with Crippen molar-refractivity contribution in [3.63, 3.8) is 0 Å². The Morgan fingerprint density at radius 2 is 1.44 bits per heavy atom. The molecular formula is C12H12O6-2.